The molecule has 0 bridgehead atoms. The van der Waals surface area contributed by atoms with Gasteiger partial charge in [0.2, 0.25) is 0 Å². The number of anilines is 1. The molecule has 0 unspecified atom stereocenters. The quantitative estimate of drug-likeness (QED) is 0.682. The second-order valence-electron chi connectivity index (χ2n) is 5.26. The average Bonchev–Trinajstić information content (AvgIpc) is 2.03. The van der Waals surface area contributed by atoms with Crippen molar-refractivity contribution in [1.82, 2.24) is 0 Å². The Morgan fingerprint density at radius 3 is 2.33 bits per heavy atom. The number of benzene rings is 1. The Morgan fingerprint density at radius 1 is 1.20 bits per heavy atom. The lowest BCUT2D eigenvalue weighted by Gasteiger charge is -2.34. The topological polar surface area (TPSA) is 3.24 Å². The van der Waals surface area contributed by atoms with Gasteiger partial charge in [-0.2, -0.15) is 0 Å². The summed E-state index contributed by atoms with van der Waals surface area (Å²) < 4.78 is 13.6. The van der Waals surface area contributed by atoms with E-state index in [1.54, 1.807) is 6.07 Å². The van der Waals surface area contributed by atoms with Crippen LogP contribution >= 0.6 is 0 Å². The van der Waals surface area contributed by atoms with Crippen molar-refractivity contribution in [2.75, 3.05) is 18.0 Å². The Bertz CT molecular complexity index is 361. The zero-order valence-corrected chi connectivity index (χ0v) is 9.68. The predicted octanol–water partition coefficient (Wildman–Crippen LogP) is 3.33. The number of rotatable bonds is 1. The second kappa shape index (κ2) is 3.51. The van der Waals surface area contributed by atoms with Crippen molar-refractivity contribution in [2.24, 2.45) is 0 Å². The fraction of sp³-hybridized carbons (Fsp3) is 0.538. The van der Waals surface area contributed by atoms with Gasteiger partial charge in [0.05, 0.1) is 5.69 Å². The summed E-state index contributed by atoms with van der Waals surface area (Å²) in [5.41, 5.74) is 2.06. The molecule has 1 fully saturated rings. The van der Waals surface area contributed by atoms with E-state index < -0.39 is 0 Å². The molecule has 82 valence electrons. The number of halogens is 1. The minimum Gasteiger partial charge on any atom is -0.369 e. The first-order valence-electron chi connectivity index (χ1n) is 5.53. The normalized spacial score (nSPS) is 16.4. The van der Waals surface area contributed by atoms with Gasteiger partial charge in [0, 0.05) is 13.1 Å². The van der Waals surface area contributed by atoms with E-state index in [1.165, 1.54) is 12.0 Å². The molecule has 15 heavy (non-hydrogen) atoms. The van der Waals surface area contributed by atoms with E-state index in [4.69, 9.17) is 0 Å². The van der Waals surface area contributed by atoms with Crippen molar-refractivity contribution in [3.63, 3.8) is 0 Å². The van der Waals surface area contributed by atoms with Crippen LogP contribution in [0.25, 0.3) is 0 Å². The molecule has 0 saturated carbocycles. The summed E-state index contributed by atoms with van der Waals surface area (Å²) in [5, 5.41) is 0. The molecule has 1 nitrogen and oxygen atoms in total. The van der Waals surface area contributed by atoms with Crippen LogP contribution in [-0.2, 0) is 5.41 Å². The summed E-state index contributed by atoms with van der Waals surface area (Å²) >= 11 is 0. The summed E-state index contributed by atoms with van der Waals surface area (Å²) in [7, 11) is 0. The van der Waals surface area contributed by atoms with Crippen molar-refractivity contribution in [3.05, 3.63) is 29.6 Å². The van der Waals surface area contributed by atoms with E-state index >= 15 is 0 Å². The van der Waals surface area contributed by atoms with Gasteiger partial charge in [0.1, 0.15) is 5.82 Å². The molecule has 0 aliphatic carbocycles. The smallest absolute Gasteiger partial charge is 0.146 e. The molecule has 1 saturated heterocycles. The largest absolute Gasteiger partial charge is 0.369 e. The number of hydrogen-bond acceptors (Lipinski definition) is 1. The maximum Gasteiger partial charge on any atom is 0.146 e. The highest BCUT2D eigenvalue weighted by atomic mass is 19.1. The maximum absolute atomic E-state index is 13.6. The van der Waals surface area contributed by atoms with Crippen LogP contribution in [-0.4, -0.2) is 13.1 Å². The number of nitrogens with zero attached hydrogens (tertiary/aromatic N) is 1. The molecule has 2 rings (SSSR count). The fourth-order valence-electron chi connectivity index (χ4n) is 1.78. The monoisotopic (exact) mass is 207 g/mol. The van der Waals surface area contributed by atoms with Gasteiger partial charge in [-0.15, -0.1) is 0 Å². The lowest BCUT2D eigenvalue weighted by Crippen LogP contribution is -2.37. The van der Waals surface area contributed by atoms with Crippen LogP contribution in [0, 0.1) is 5.82 Å². The third-order valence-electron chi connectivity index (χ3n) is 3.01. The van der Waals surface area contributed by atoms with Crippen LogP contribution in [0.2, 0.25) is 0 Å². The molecule has 1 heterocycles. The highest BCUT2D eigenvalue weighted by Gasteiger charge is 2.21. The summed E-state index contributed by atoms with van der Waals surface area (Å²) in [6.07, 6.45) is 1.18. The van der Waals surface area contributed by atoms with E-state index in [9.17, 15) is 4.39 Å². The molecule has 2 heteroatoms. The molecule has 1 aromatic carbocycles. The maximum atomic E-state index is 13.6. The number of hydrogen-bond donors (Lipinski definition) is 0. The third kappa shape index (κ3) is 1.99. The van der Waals surface area contributed by atoms with Crippen molar-refractivity contribution >= 4 is 5.69 Å². The Balaban J connectivity index is 2.36. The van der Waals surface area contributed by atoms with Gasteiger partial charge in [-0.3, -0.25) is 0 Å². The molecule has 0 radical (unpaired) electrons. The van der Waals surface area contributed by atoms with Gasteiger partial charge >= 0.3 is 0 Å². The zero-order valence-electron chi connectivity index (χ0n) is 9.68. The first-order valence-corrected chi connectivity index (χ1v) is 5.53. The molecule has 0 amide bonds. The van der Waals surface area contributed by atoms with Gasteiger partial charge < -0.3 is 4.90 Å². The van der Waals surface area contributed by atoms with E-state index in [0.717, 1.165) is 18.8 Å². The lowest BCUT2D eigenvalue weighted by atomic mass is 9.86. The minimum absolute atomic E-state index is 0.0906. The first-order chi connectivity index (χ1) is 6.98. The van der Waals surface area contributed by atoms with Crippen LogP contribution in [0.5, 0.6) is 0 Å². The first kappa shape index (κ1) is 10.5. The SMILES string of the molecule is CC(C)(C)c1ccc(F)c(N2CCC2)c1. The predicted molar refractivity (Wildman–Crippen MR) is 61.9 cm³/mol. The molecule has 1 aliphatic rings. The minimum atomic E-state index is -0.0947. The van der Waals surface area contributed by atoms with Crippen LogP contribution in [0.1, 0.15) is 32.8 Å². The van der Waals surface area contributed by atoms with Gasteiger partial charge in [-0.05, 0) is 29.5 Å². The van der Waals surface area contributed by atoms with Crippen molar-refractivity contribution in [2.45, 2.75) is 32.6 Å². The fourth-order valence-corrected chi connectivity index (χ4v) is 1.78. The van der Waals surface area contributed by atoms with Crippen LogP contribution in [0.3, 0.4) is 0 Å². The molecule has 0 aromatic heterocycles. The van der Waals surface area contributed by atoms with E-state index in [-0.39, 0.29) is 11.2 Å². The summed E-state index contributed by atoms with van der Waals surface area (Å²) in [5.74, 6) is -0.0947. The molecule has 0 spiro atoms. The van der Waals surface area contributed by atoms with Gasteiger partial charge in [0.25, 0.3) is 0 Å². The average molecular weight is 207 g/mol. The highest BCUT2D eigenvalue weighted by Crippen LogP contribution is 2.30. The van der Waals surface area contributed by atoms with Gasteiger partial charge in [-0.25, -0.2) is 4.39 Å². The van der Waals surface area contributed by atoms with Gasteiger partial charge in [0.15, 0.2) is 0 Å². The van der Waals surface area contributed by atoms with Crippen molar-refractivity contribution < 1.29 is 4.39 Å². The molecule has 0 atom stereocenters. The standard InChI is InChI=1S/C13H18FN/c1-13(2,3)10-5-6-11(14)12(9-10)15-7-4-8-15/h5-6,9H,4,7-8H2,1-3H3. The van der Waals surface area contributed by atoms with Crippen LogP contribution in [0.15, 0.2) is 18.2 Å². The Hall–Kier alpha value is -1.05. The molecular formula is C13H18FN. The van der Waals surface area contributed by atoms with E-state index in [0.29, 0.717) is 0 Å². The van der Waals surface area contributed by atoms with E-state index in [1.807, 2.05) is 12.1 Å². The lowest BCUT2D eigenvalue weighted by molar-refractivity contribution is 0.560. The zero-order chi connectivity index (χ0) is 11.1. The summed E-state index contributed by atoms with van der Waals surface area (Å²) in [6, 6.07) is 5.47. The summed E-state index contributed by atoms with van der Waals surface area (Å²) in [6.45, 7) is 8.44. The third-order valence-corrected chi connectivity index (χ3v) is 3.01. The molecule has 0 N–H and O–H groups in total. The Kier molecular flexibility index (Phi) is 2.45. The van der Waals surface area contributed by atoms with Crippen LogP contribution < -0.4 is 4.90 Å². The van der Waals surface area contributed by atoms with Crippen molar-refractivity contribution in [3.8, 4) is 0 Å². The summed E-state index contributed by atoms with van der Waals surface area (Å²) in [4.78, 5) is 2.10. The Labute approximate surface area is 90.9 Å². The molecule has 1 aliphatic heterocycles. The highest BCUT2D eigenvalue weighted by molar-refractivity contribution is 5.52. The second-order valence-corrected chi connectivity index (χ2v) is 5.26. The molecular weight excluding hydrogens is 189 g/mol. The van der Waals surface area contributed by atoms with E-state index in [2.05, 4.69) is 25.7 Å². The van der Waals surface area contributed by atoms with Crippen molar-refractivity contribution in [1.29, 1.82) is 0 Å². The molecule has 1 aromatic rings. The van der Waals surface area contributed by atoms with Crippen LogP contribution in [0.4, 0.5) is 10.1 Å². The Morgan fingerprint density at radius 2 is 1.87 bits per heavy atom. The van der Waals surface area contributed by atoms with Gasteiger partial charge in [-0.1, -0.05) is 26.8 Å².